The van der Waals surface area contributed by atoms with Crippen molar-refractivity contribution in [3.8, 4) is 11.3 Å². The van der Waals surface area contributed by atoms with E-state index in [0.29, 0.717) is 23.4 Å². The zero-order valence-corrected chi connectivity index (χ0v) is 23.0. The highest BCUT2D eigenvalue weighted by atomic mass is 32.2. The molecular weight excluding hydrogens is 519 g/mol. The predicted octanol–water partition coefficient (Wildman–Crippen LogP) is 5.98. The molecule has 4 rings (SSSR count). The molecule has 204 valence electrons. The molecule has 0 saturated heterocycles. The molecule has 0 spiro atoms. The Morgan fingerprint density at radius 1 is 1.00 bits per heavy atom. The van der Waals surface area contributed by atoms with E-state index in [0.717, 1.165) is 25.5 Å². The molecule has 0 aliphatic heterocycles. The average Bonchev–Trinajstić information content (AvgIpc) is 3.29. The van der Waals surface area contributed by atoms with Gasteiger partial charge in [-0.1, -0.05) is 38.0 Å². The molecule has 0 unspecified atom stereocenters. The van der Waals surface area contributed by atoms with E-state index in [9.17, 15) is 22.4 Å². The number of hydrogen-bond donors (Lipinski definition) is 1. The topological polar surface area (TPSA) is 96.7 Å². The smallest absolute Gasteiger partial charge is 0.262 e. The van der Waals surface area contributed by atoms with Crippen LogP contribution in [0.5, 0.6) is 0 Å². The first-order valence-corrected chi connectivity index (χ1v) is 14.8. The maximum Gasteiger partial charge on any atom is 0.262 e. The zero-order valence-electron chi connectivity index (χ0n) is 22.2. The molecule has 9 heteroatoms. The van der Waals surface area contributed by atoms with Crippen LogP contribution in [0.1, 0.15) is 52.5 Å². The van der Waals surface area contributed by atoms with Crippen molar-refractivity contribution in [3.63, 3.8) is 0 Å². The second-order valence-electron chi connectivity index (χ2n) is 9.56. The largest absolute Gasteiger partial charge is 0.455 e. The SMILES string of the molecule is CCCCCNC(=O)c1cc(CS(C)(=O)=O)cc2oc(-c3ccc(F)cc3)c(C(=O)N(C)c3ccccc3)c12. The summed E-state index contributed by atoms with van der Waals surface area (Å²) in [6.07, 6.45) is 3.81. The van der Waals surface area contributed by atoms with Crippen molar-refractivity contribution in [2.45, 2.75) is 31.9 Å². The first-order chi connectivity index (χ1) is 18.6. The average molecular weight is 551 g/mol. The second-order valence-corrected chi connectivity index (χ2v) is 11.7. The van der Waals surface area contributed by atoms with Gasteiger partial charge in [0.25, 0.3) is 11.8 Å². The van der Waals surface area contributed by atoms with Gasteiger partial charge in [0.2, 0.25) is 0 Å². The molecule has 0 saturated carbocycles. The molecule has 1 heterocycles. The summed E-state index contributed by atoms with van der Waals surface area (Å²) in [6, 6.07) is 17.6. The van der Waals surface area contributed by atoms with Crippen molar-refractivity contribution in [1.29, 1.82) is 0 Å². The van der Waals surface area contributed by atoms with Crippen molar-refractivity contribution in [2.75, 3.05) is 24.7 Å². The Hall–Kier alpha value is -3.98. The number of hydrogen-bond acceptors (Lipinski definition) is 5. The fraction of sp³-hybridized carbons (Fsp3) is 0.267. The quantitative estimate of drug-likeness (QED) is 0.245. The molecule has 0 atom stereocenters. The van der Waals surface area contributed by atoms with Crippen LogP contribution in [0.3, 0.4) is 0 Å². The number of rotatable bonds is 10. The first kappa shape index (κ1) is 28.0. The van der Waals surface area contributed by atoms with Gasteiger partial charge < -0.3 is 14.6 Å². The zero-order chi connectivity index (χ0) is 28.2. The van der Waals surface area contributed by atoms with Gasteiger partial charge in [-0.15, -0.1) is 0 Å². The molecule has 0 radical (unpaired) electrons. The number of fused-ring (bicyclic) bond motifs is 1. The Balaban J connectivity index is 1.96. The third kappa shape index (κ3) is 6.54. The van der Waals surface area contributed by atoms with E-state index in [4.69, 9.17) is 4.42 Å². The summed E-state index contributed by atoms with van der Waals surface area (Å²) in [5.41, 5.74) is 1.90. The van der Waals surface area contributed by atoms with Crippen molar-refractivity contribution < 1.29 is 26.8 Å². The lowest BCUT2D eigenvalue weighted by atomic mass is 9.98. The molecule has 0 fully saturated rings. The van der Waals surface area contributed by atoms with E-state index in [-0.39, 0.29) is 33.6 Å². The normalized spacial score (nSPS) is 11.5. The van der Waals surface area contributed by atoms with Crippen LogP contribution in [0.4, 0.5) is 10.1 Å². The number of amides is 2. The van der Waals surface area contributed by atoms with Gasteiger partial charge >= 0.3 is 0 Å². The van der Waals surface area contributed by atoms with Gasteiger partial charge in [0.1, 0.15) is 17.2 Å². The minimum absolute atomic E-state index is 0.132. The van der Waals surface area contributed by atoms with Crippen molar-refractivity contribution in [2.24, 2.45) is 0 Å². The van der Waals surface area contributed by atoms with E-state index in [1.165, 1.54) is 41.3 Å². The number of para-hydroxylation sites is 1. The van der Waals surface area contributed by atoms with Crippen LogP contribution in [0.15, 0.2) is 71.1 Å². The fourth-order valence-corrected chi connectivity index (χ4v) is 5.24. The lowest BCUT2D eigenvalue weighted by Gasteiger charge is -2.18. The number of anilines is 1. The van der Waals surface area contributed by atoms with Gasteiger partial charge in [-0.25, -0.2) is 12.8 Å². The number of halogens is 1. The number of unbranched alkanes of at least 4 members (excludes halogenated alkanes) is 2. The Kier molecular flexibility index (Phi) is 8.50. The van der Waals surface area contributed by atoms with E-state index >= 15 is 0 Å². The Morgan fingerprint density at radius 2 is 1.69 bits per heavy atom. The summed E-state index contributed by atoms with van der Waals surface area (Å²) in [5.74, 6) is -1.47. The van der Waals surface area contributed by atoms with Gasteiger partial charge in [0.05, 0.1) is 16.9 Å². The second kappa shape index (κ2) is 11.8. The Bertz CT molecular complexity index is 1600. The number of nitrogens with one attached hydrogen (secondary N) is 1. The van der Waals surface area contributed by atoms with Crippen LogP contribution < -0.4 is 10.2 Å². The molecule has 0 bridgehead atoms. The highest BCUT2D eigenvalue weighted by Gasteiger charge is 2.29. The summed E-state index contributed by atoms with van der Waals surface area (Å²) < 4.78 is 44.2. The summed E-state index contributed by atoms with van der Waals surface area (Å²) in [5, 5.41) is 3.17. The van der Waals surface area contributed by atoms with Crippen LogP contribution in [0, 0.1) is 5.82 Å². The third-order valence-corrected chi connectivity index (χ3v) is 7.22. The number of benzene rings is 3. The van der Waals surface area contributed by atoms with Crippen molar-refractivity contribution in [3.05, 3.63) is 89.2 Å². The molecule has 2 amide bonds. The van der Waals surface area contributed by atoms with Gasteiger partial charge in [-0.05, 0) is 60.5 Å². The third-order valence-electron chi connectivity index (χ3n) is 6.36. The lowest BCUT2D eigenvalue weighted by molar-refractivity contribution is 0.0954. The summed E-state index contributed by atoms with van der Waals surface area (Å²) in [6.45, 7) is 2.49. The highest BCUT2D eigenvalue weighted by Crippen LogP contribution is 2.38. The number of sulfone groups is 1. The fourth-order valence-electron chi connectivity index (χ4n) is 4.47. The minimum Gasteiger partial charge on any atom is -0.455 e. The van der Waals surface area contributed by atoms with Crippen LogP contribution in [0.25, 0.3) is 22.3 Å². The summed E-state index contributed by atoms with van der Waals surface area (Å²) in [4.78, 5) is 29.0. The highest BCUT2D eigenvalue weighted by molar-refractivity contribution is 7.89. The van der Waals surface area contributed by atoms with Gasteiger partial charge in [-0.2, -0.15) is 0 Å². The molecule has 0 aliphatic rings. The van der Waals surface area contributed by atoms with E-state index in [1.807, 2.05) is 6.07 Å². The Labute approximate surface area is 227 Å². The van der Waals surface area contributed by atoms with E-state index < -0.39 is 27.5 Å². The monoisotopic (exact) mass is 550 g/mol. The van der Waals surface area contributed by atoms with Crippen molar-refractivity contribution in [1.82, 2.24) is 5.32 Å². The number of carbonyl (C=O) groups excluding carboxylic acids is 2. The van der Waals surface area contributed by atoms with Crippen LogP contribution >= 0.6 is 0 Å². The summed E-state index contributed by atoms with van der Waals surface area (Å²) >= 11 is 0. The summed E-state index contributed by atoms with van der Waals surface area (Å²) in [7, 11) is -1.81. The number of nitrogens with zero attached hydrogens (tertiary/aromatic N) is 1. The predicted molar refractivity (Wildman–Crippen MR) is 151 cm³/mol. The first-order valence-electron chi connectivity index (χ1n) is 12.7. The maximum absolute atomic E-state index is 14.0. The lowest BCUT2D eigenvalue weighted by Crippen LogP contribution is -2.28. The molecule has 1 aromatic heterocycles. The van der Waals surface area contributed by atoms with Crippen molar-refractivity contribution >= 4 is 38.3 Å². The van der Waals surface area contributed by atoms with Gasteiger partial charge in [-0.3, -0.25) is 9.59 Å². The standard InChI is InChI=1S/C30H31FN2O5S/c1-4-5-9-16-32-29(34)24-17-20(19-39(3,36)37)18-25-26(24)27(28(38-25)21-12-14-22(31)15-13-21)30(35)33(2)23-10-7-6-8-11-23/h6-8,10-15,17-18H,4-5,9,16,19H2,1-3H3,(H,32,34). The minimum atomic E-state index is -3.43. The van der Waals surface area contributed by atoms with E-state index in [2.05, 4.69) is 12.2 Å². The molecule has 0 aliphatic carbocycles. The van der Waals surface area contributed by atoms with Crippen LogP contribution in [0.2, 0.25) is 0 Å². The van der Waals surface area contributed by atoms with Crippen LogP contribution in [-0.2, 0) is 15.6 Å². The molecule has 1 N–H and O–H groups in total. The molecule has 7 nitrogen and oxygen atoms in total. The van der Waals surface area contributed by atoms with Gasteiger partial charge in [0, 0.05) is 36.5 Å². The number of furan rings is 1. The maximum atomic E-state index is 14.0. The number of carbonyl (C=O) groups is 2. The molecule has 39 heavy (non-hydrogen) atoms. The van der Waals surface area contributed by atoms with Crippen LogP contribution in [-0.4, -0.2) is 40.1 Å². The Morgan fingerprint density at radius 3 is 2.33 bits per heavy atom. The molecule has 3 aromatic carbocycles. The van der Waals surface area contributed by atoms with Gasteiger partial charge in [0.15, 0.2) is 9.84 Å². The van der Waals surface area contributed by atoms with E-state index in [1.54, 1.807) is 31.3 Å². The molecule has 4 aromatic rings. The molecular formula is C30H31FN2O5S.